The van der Waals surface area contributed by atoms with Crippen LogP contribution in [0.2, 0.25) is 0 Å². The van der Waals surface area contributed by atoms with Crippen LogP contribution < -0.4 is 5.56 Å². The number of amides is 1. The van der Waals surface area contributed by atoms with E-state index in [1.54, 1.807) is 25.2 Å². The third-order valence-corrected chi connectivity index (χ3v) is 5.86. The maximum Gasteiger partial charge on any atom is 0.254 e. The fourth-order valence-electron chi connectivity index (χ4n) is 3.60. The minimum Gasteiger partial charge on any atom is -0.339 e. The van der Waals surface area contributed by atoms with Gasteiger partial charge in [0.05, 0.1) is 6.42 Å². The number of H-pyrrole nitrogens is 1. The Labute approximate surface area is 152 Å². The summed E-state index contributed by atoms with van der Waals surface area (Å²) >= 11 is 1.77. The molecule has 134 valence electrons. The molecule has 1 amide bonds. The molecular formula is C19H25N3O2S. The van der Waals surface area contributed by atoms with Gasteiger partial charge >= 0.3 is 0 Å². The van der Waals surface area contributed by atoms with Crippen LogP contribution in [0.3, 0.4) is 0 Å². The van der Waals surface area contributed by atoms with Gasteiger partial charge < -0.3 is 9.88 Å². The predicted octanol–water partition coefficient (Wildman–Crippen LogP) is 3.00. The van der Waals surface area contributed by atoms with E-state index in [1.807, 2.05) is 4.90 Å². The van der Waals surface area contributed by atoms with Crippen molar-refractivity contribution >= 4 is 17.2 Å². The molecule has 0 spiro atoms. The molecule has 0 aromatic carbocycles. The number of likely N-dealkylation sites (tertiary alicyclic amines) is 1. The van der Waals surface area contributed by atoms with Gasteiger partial charge in [0, 0.05) is 28.7 Å². The highest BCUT2D eigenvalue weighted by Gasteiger charge is 2.27. The lowest BCUT2D eigenvalue weighted by Gasteiger charge is -2.36. The molecule has 3 rings (SSSR count). The number of aryl methyl sites for hydroxylation is 3. The zero-order valence-electron chi connectivity index (χ0n) is 14.9. The van der Waals surface area contributed by atoms with E-state index in [9.17, 15) is 9.59 Å². The summed E-state index contributed by atoms with van der Waals surface area (Å²) in [5.74, 6) is 0.639. The van der Waals surface area contributed by atoms with Gasteiger partial charge in [-0.1, -0.05) is 6.07 Å². The number of thiophene rings is 1. The first-order valence-corrected chi connectivity index (χ1v) is 9.81. The van der Waals surface area contributed by atoms with E-state index < -0.39 is 0 Å². The summed E-state index contributed by atoms with van der Waals surface area (Å²) in [7, 11) is 0. The SMILES string of the molecule is Cc1nc(C)c(CC(=O)N2CCCCC2CCc2cccs2)c(=O)[nH]1. The van der Waals surface area contributed by atoms with Crippen molar-refractivity contribution in [1.82, 2.24) is 14.9 Å². The molecule has 1 fully saturated rings. The Hall–Kier alpha value is -1.95. The molecule has 0 radical (unpaired) electrons. The second-order valence-corrected chi connectivity index (χ2v) is 7.78. The fourth-order valence-corrected chi connectivity index (χ4v) is 4.33. The number of aromatic nitrogens is 2. The van der Waals surface area contributed by atoms with Crippen LogP contribution in [-0.2, 0) is 17.6 Å². The summed E-state index contributed by atoms with van der Waals surface area (Å²) in [5, 5.41) is 2.10. The van der Waals surface area contributed by atoms with Gasteiger partial charge in [0.2, 0.25) is 5.91 Å². The zero-order chi connectivity index (χ0) is 17.8. The van der Waals surface area contributed by atoms with E-state index in [2.05, 4.69) is 27.5 Å². The van der Waals surface area contributed by atoms with Crippen molar-refractivity contribution in [3.05, 3.63) is 49.8 Å². The van der Waals surface area contributed by atoms with Crippen molar-refractivity contribution < 1.29 is 4.79 Å². The number of piperidine rings is 1. The average molecular weight is 359 g/mol. The second-order valence-electron chi connectivity index (χ2n) is 6.75. The van der Waals surface area contributed by atoms with Gasteiger partial charge in [-0.15, -0.1) is 11.3 Å². The molecule has 1 unspecified atom stereocenters. The van der Waals surface area contributed by atoms with Gasteiger partial charge in [-0.2, -0.15) is 0 Å². The summed E-state index contributed by atoms with van der Waals surface area (Å²) in [5.41, 5.74) is 0.963. The van der Waals surface area contributed by atoms with Crippen LogP contribution in [0.1, 0.15) is 47.6 Å². The van der Waals surface area contributed by atoms with Gasteiger partial charge in [-0.05, 0) is 57.4 Å². The lowest BCUT2D eigenvalue weighted by molar-refractivity contribution is -0.134. The van der Waals surface area contributed by atoms with Crippen LogP contribution in [0, 0.1) is 13.8 Å². The van der Waals surface area contributed by atoms with Crippen LogP contribution in [-0.4, -0.2) is 33.4 Å². The van der Waals surface area contributed by atoms with Crippen molar-refractivity contribution in [2.45, 2.75) is 58.4 Å². The number of nitrogens with one attached hydrogen (secondary N) is 1. The van der Waals surface area contributed by atoms with E-state index in [0.29, 0.717) is 17.1 Å². The molecule has 5 nitrogen and oxygen atoms in total. The monoisotopic (exact) mass is 359 g/mol. The molecule has 2 aromatic heterocycles. The Balaban J connectivity index is 1.69. The largest absolute Gasteiger partial charge is 0.339 e. The highest BCUT2D eigenvalue weighted by molar-refractivity contribution is 7.09. The molecular weight excluding hydrogens is 334 g/mol. The van der Waals surface area contributed by atoms with Crippen LogP contribution >= 0.6 is 11.3 Å². The highest BCUT2D eigenvalue weighted by atomic mass is 32.1. The maximum absolute atomic E-state index is 12.9. The minimum atomic E-state index is -0.189. The molecule has 0 saturated carbocycles. The number of carbonyl (C=O) groups is 1. The van der Waals surface area contributed by atoms with E-state index in [0.717, 1.165) is 32.2 Å². The summed E-state index contributed by atoms with van der Waals surface area (Å²) in [6, 6.07) is 4.50. The fraction of sp³-hybridized carbons (Fsp3) is 0.526. The summed E-state index contributed by atoms with van der Waals surface area (Å²) in [6.45, 7) is 4.35. The number of rotatable bonds is 5. The van der Waals surface area contributed by atoms with Crippen LogP contribution in [0.15, 0.2) is 22.3 Å². The Bertz CT molecular complexity index is 782. The van der Waals surface area contributed by atoms with Crippen LogP contribution in [0.5, 0.6) is 0 Å². The number of carbonyl (C=O) groups excluding carboxylic acids is 1. The molecule has 1 atom stereocenters. The molecule has 3 heterocycles. The molecule has 1 aliphatic heterocycles. The molecule has 1 N–H and O–H groups in total. The number of hydrogen-bond donors (Lipinski definition) is 1. The predicted molar refractivity (Wildman–Crippen MR) is 100 cm³/mol. The normalized spacial score (nSPS) is 17.7. The zero-order valence-corrected chi connectivity index (χ0v) is 15.7. The highest BCUT2D eigenvalue weighted by Crippen LogP contribution is 2.23. The van der Waals surface area contributed by atoms with Gasteiger partial charge in [0.25, 0.3) is 5.56 Å². The smallest absolute Gasteiger partial charge is 0.254 e. The Morgan fingerprint density at radius 1 is 1.40 bits per heavy atom. The first kappa shape index (κ1) is 17.9. The average Bonchev–Trinajstić information content (AvgIpc) is 3.10. The van der Waals surface area contributed by atoms with Crippen LogP contribution in [0.25, 0.3) is 0 Å². The molecule has 0 aliphatic carbocycles. The van der Waals surface area contributed by atoms with Crippen LogP contribution in [0.4, 0.5) is 0 Å². The topological polar surface area (TPSA) is 66.1 Å². The van der Waals surface area contributed by atoms with E-state index in [1.165, 1.54) is 11.3 Å². The van der Waals surface area contributed by atoms with Crippen molar-refractivity contribution in [3.63, 3.8) is 0 Å². The van der Waals surface area contributed by atoms with E-state index in [-0.39, 0.29) is 23.9 Å². The molecule has 2 aromatic rings. The second kappa shape index (κ2) is 7.95. The lowest BCUT2D eigenvalue weighted by Crippen LogP contribution is -2.45. The van der Waals surface area contributed by atoms with Crippen molar-refractivity contribution in [1.29, 1.82) is 0 Å². The lowest BCUT2D eigenvalue weighted by atomic mass is 9.96. The standard InChI is InChI=1S/C19H25N3O2S/c1-13-17(19(24)21-14(2)20-13)12-18(23)22-10-4-3-6-15(22)8-9-16-7-5-11-25-16/h5,7,11,15H,3-4,6,8-10,12H2,1-2H3,(H,20,21,24). The van der Waals surface area contributed by atoms with Gasteiger partial charge in [0.15, 0.2) is 0 Å². The van der Waals surface area contributed by atoms with Crippen molar-refractivity contribution in [3.8, 4) is 0 Å². The number of nitrogens with zero attached hydrogens (tertiary/aromatic N) is 2. The minimum absolute atomic E-state index is 0.0510. The van der Waals surface area contributed by atoms with Gasteiger partial charge in [-0.25, -0.2) is 4.98 Å². The molecule has 6 heteroatoms. The number of hydrogen-bond acceptors (Lipinski definition) is 4. The third-order valence-electron chi connectivity index (χ3n) is 4.92. The molecule has 1 saturated heterocycles. The Morgan fingerprint density at radius 2 is 2.24 bits per heavy atom. The quantitative estimate of drug-likeness (QED) is 0.892. The summed E-state index contributed by atoms with van der Waals surface area (Å²) in [4.78, 5) is 35.4. The molecule has 0 bridgehead atoms. The first-order chi connectivity index (χ1) is 12.0. The number of aromatic amines is 1. The molecule has 1 aliphatic rings. The maximum atomic E-state index is 12.9. The van der Waals surface area contributed by atoms with Crippen molar-refractivity contribution in [2.24, 2.45) is 0 Å². The van der Waals surface area contributed by atoms with E-state index >= 15 is 0 Å². The Morgan fingerprint density at radius 3 is 2.96 bits per heavy atom. The van der Waals surface area contributed by atoms with Gasteiger partial charge in [-0.3, -0.25) is 9.59 Å². The summed E-state index contributed by atoms with van der Waals surface area (Å²) < 4.78 is 0. The third kappa shape index (κ3) is 4.37. The first-order valence-electron chi connectivity index (χ1n) is 8.93. The molecule has 25 heavy (non-hydrogen) atoms. The van der Waals surface area contributed by atoms with Gasteiger partial charge in [0.1, 0.15) is 5.82 Å². The summed E-state index contributed by atoms with van der Waals surface area (Å²) in [6.07, 6.45) is 5.42. The van der Waals surface area contributed by atoms with E-state index in [4.69, 9.17) is 0 Å². The Kier molecular flexibility index (Phi) is 5.68. The van der Waals surface area contributed by atoms with Crippen molar-refractivity contribution in [2.75, 3.05) is 6.54 Å².